The SMILES string of the molecule is CCC(C(=O)Nc1cc([N+](=O)[O-])ccc1C)N(c1ccc(Cl)cc1)S(C)(=O)=O. The molecule has 0 radical (unpaired) electrons. The summed E-state index contributed by atoms with van der Waals surface area (Å²) in [5.41, 5.74) is 0.990. The highest BCUT2D eigenvalue weighted by atomic mass is 35.5. The Balaban J connectivity index is 2.41. The molecule has 10 heteroatoms. The first kappa shape index (κ1) is 21.6. The fourth-order valence-corrected chi connectivity index (χ4v) is 4.06. The molecule has 0 saturated carbocycles. The smallest absolute Gasteiger partial charge is 0.271 e. The normalized spacial score (nSPS) is 12.3. The van der Waals surface area contributed by atoms with Crippen LogP contribution in [-0.4, -0.2) is 31.5 Å². The molecule has 0 heterocycles. The van der Waals surface area contributed by atoms with Crippen LogP contribution in [0.5, 0.6) is 0 Å². The maximum atomic E-state index is 12.9. The number of non-ortho nitro benzene ring substituents is 1. The van der Waals surface area contributed by atoms with Crippen molar-refractivity contribution in [1.82, 2.24) is 0 Å². The second-order valence-corrected chi connectivity index (χ2v) is 8.50. The van der Waals surface area contributed by atoms with Crippen LogP contribution < -0.4 is 9.62 Å². The van der Waals surface area contributed by atoms with Gasteiger partial charge in [-0.1, -0.05) is 24.6 Å². The lowest BCUT2D eigenvalue weighted by molar-refractivity contribution is -0.384. The number of amides is 1. The predicted octanol–water partition coefficient (Wildman–Crippen LogP) is 3.74. The topological polar surface area (TPSA) is 110 Å². The van der Waals surface area contributed by atoms with Gasteiger partial charge >= 0.3 is 0 Å². The summed E-state index contributed by atoms with van der Waals surface area (Å²) in [4.78, 5) is 23.3. The first-order chi connectivity index (χ1) is 13.0. The summed E-state index contributed by atoms with van der Waals surface area (Å²) in [5.74, 6) is -0.591. The van der Waals surface area contributed by atoms with Gasteiger partial charge < -0.3 is 5.32 Å². The average Bonchev–Trinajstić information content (AvgIpc) is 2.61. The molecule has 0 spiro atoms. The third kappa shape index (κ3) is 4.99. The lowest BCUT2D eigenvalue weighted by atomic mass is 10.1. The van der Waals surface area contributed by atoms with Gasteiger partial charge in [-0.2, -0.15) is 0 Å². The van der Waals surface area contributed by atoms with E-state index in [1.54, 1.807) is 13.8 Å². The van der Waals surface area contributed by atoms with Crippen molar-refractivity contribution >= 4 is 44.6 Å². The van der Waals surface area contributed by atoms with Crippen molar-refractivity contribution in [3.05, 3.63) is 63.2 Å². The third-order valence-corrected chi connectivity index (χ3v) is 5.53. The number of benzene rings is 2. The summed E-state index contributed by atoms with van der Waals surface area (Å²) in [6, 6.07) is 9.13. The van der Waals surface area contributed by atoms with Crippen LogP contribution in [-0.2, 0) is 14.8 Å². The first-order valence-corrected chi connectivity index (χ1v) is 10.6. The van der Waals surface area contributed by atoms with Gasteiger partial charge in [0.05, 0.1) is 22.6 Å². The molecule has 0 aliphatic rings. The molecule has 2 aromatic carbocycles. The summed E-state index contributed by atoms with van der Waals surface area (Å²) in [7, 11) is -3.79. The fourth-order valence-electron chi connectivity index (χ4n) is 2.72. The van der Waals surface area contributed by atoms with Gasteiger partial charge in [-0.15, -0.1) is 0 Å². The third-order valence-electron chi connectivity index (χ3n) is 4.10. The van der Waals surface area contributed by atoms with Crippen molar-refractivity contribution in [2.45, 2.75) is 26.3 Å². The zero-order valence-electron chi connectivity index (χ0n) is 15.5. The largest absolute Gasteiger partial charge is 0.324 e. The van der Waals surface area contributed by atoms with Crippen LogP contribution >= 0.6 is 11.6 Å². The molecule has 0 fully saturated rings. The summed E-state index contributed by atoms with van der Waals surface area (Å²) in [5, 5.41) is 14.0. The quantitative estimate of drug-likeness (QED) is 0.536. The highest BCUT2D eigenvalue weighted by molar-refractivity contribution is 7.92. The molecule has 1 amide bonds. The van der Waals surface area contributed by atoms with Gasteiger partial charge in [0.2, 0.25) is 15.9 Å². The Bertz CT molecular complexity index is 993. The Kier molecular flexibility index (Phi) is 6.63. The average molecular weight is 426 g/mol. The van der Waals surface area contributed by atoms with Gasteiger partial charge in [0.15, 0.2) is 0 Å². The lowest BCUT2D eigenvalue weighted by Gasteiger charge is -2.30. The maximum absolute atomic E-state index is 12.9. The Labute approximate surface area is 168 Å². The van der Waals surface area contributed by atoms with Crippen LogP contribution in [0.2, 0.25) is 5.02 Å². The molecule has 2 rings (SSSR count). The monoisotopic (exact) mass is 425 g/mol. The second kappa shape index (κ2) is 8.57. The number of nitrogens with zero attached hydrogens (tertiary/aromatic N) is 2. The summed E-state index contributed by atoms with van der Waals surface area (Å²) in [6.07, 6.45) is 1.20. The maximum Gasteiger partial charge on any atom is 0.271 e. The van der Waals surface area contributed by atoms with Crippen LogP contribution in [0, 0.1) is 17.0 Å². The number of anilines is 2. The summed E-state index contributed by atoms with van der Waals surface area (Å²) < 4.78 is 25.8. The van der Waals surface area contributed by atoms with E-state index in [0.29, 0.717) is 16.3 Å². The van der Waals surface area contributed by atoms with E-state index in [1.807, 2.05) is 0 Å². The van der Waals surface area contributed by atoms with Crippen LogP contribution in [0.4, 0.5) is 17.1 Å². The molecule has 0 bridgehead atoms. The van der Waals surface area contributed by atoms with E-state index in [-0.39, 0.29) is 17.8 Å². The van der Waals surface area contributed by atoms with Gasteiger partial charge in [0, 0.05) is 17.2 Å². The van der Waals surface area contributed by atoms with Crippen molar-refractivity contribution in [1.29, 1.82) is 0 Å². The standard InChI is InChI=1S/C18H20ClN3O5S/c1-4-17(21(28(3,26)27)14-9-6-13(19)7-10-14)18(23)20-16-11-15(22(24)25)8-5-12(16)2/h5-11,17H,4H2,1-3H3,(H,20,23). The number of hydrogen-bond acceptors (Lipinski definition) is 5. The Morgan fingerprint density at radius 2 is 1.86 bits per heavy atom. The zero-order valence-corrected chi connectivity index (χ0v) is 17.1. The van der Waals surface area contributed by atoms with E-state index >= 15 is 0 Å². The van der Waals surface area contributed by atoms with Gasteiger partial charge in [-0.25, -0.2) is 8.42 Å². The van der Waals surface area contributed by atoms with Crippen LogP contribution in [0.15, 0.2) is 42.5 Å². The number of nitro groups is 1. The van der Waals surface area contributed by atoms with Gasteiger partial charge in [0.25, 0.3) is 5.69 Å². The number of carbonyl (C=O) groups excluding carboxylic acids is 1. The van der Waals surface area contributed by atoms with Gasteiger partial charge in [-0.05, 0) is 43.2 Å². The molecule has 1 unspecified atom stereocenters. The van der Waals surface area contributed by atoms with Crippen LogP contribution in [0.1, 0.15) is 18.9 Å². The molecule has 150 valence electrons. The van der Waals surface area contributed by atoms with Gasteiger partial charge in [-0.3, -0.25) is 19.2 Å². The number of nitrogens with one attached hydrogen (secondary N) is 1. The van der Waals surface area contributed by atoms with E-state index in [4.69, 9.17) is 11.6 Å². The minimum Gasteiger partial charge on any atom is -0.324 e. The summed E-state index contributed by atoms with van der Waals surface area (Å²) >= 11 is 5.87. The van der Waals surface area contributed by atoms with E-state index in [9.17, 15) is 23.3 Å². The Morgan fingerprint density at radius 1 is 1.25 bits per heavy atom. The number of carbonyl (C=O) groups is 1. The minimum atomic E-state index is -3.79. The van der Waals surface area contributed by atoms with E-state index < -0.39 is 26.9 Å². The summed E-state index contributed by atoms with van der Waals surface area (Å²) in [6.45, 7) is 3.37. The first-order valence-electron chi connectivity index (χ1n) is 8.35. The zero-order chi connectivity index (χ0) is 21.1. The molecule has 1 atom stereocenters. The number of halogens is 1. The minimum absolute atomic E-state index is 0.174. The van der Waals surface area contributed by atoms with Crippen LogP contribution in [0.25, 0.3) is 0 Å². The molecule has 8 nitrogen and oxygen atoms in total. The molecule has 0 aliphatic carbocycles. The molecule has 1 N–H and O–H groups in total. The fraction of sp³-hybridized carbons (Fsp3) is 0.278. The second-order valence-electron chi connectivity index (χ2n) is 6.20. The number of aryl methyl sites for hydroxylation is 1. The lowest BCUT2D eigenvalue weighted by Crippen LogP contribution is -2.47. The van der Waals surface area contributed by atoms with E-state index in [1.165, 1.54) is 42.5 Å². The molecular weight excluding hydrogens is 406 g/mol. The molecule has 2 aromatic rings. The Morgan fingerprint density at radius 3 is 2.36 bits per heavy atom. The Hall–Kier alpha value is -2.65. The number of hydrogen-bond donors (Lipinski definition) is 1. The van der Waals surface area contributed by atoms with Crippen molar-refractivity contribution in [3.8, 4) is 0 Å². The molecule has 0 saturated heterocycles. The number of nitro benzene ring substituents is 1. The van der Waals surface area contributed by atoms with Crippen LogP contribution in [0.3, 0.4) is 0 Å². The van der Waals surface area contributed by atoms with Crippen molar-refractivity contribution < 1.29 is 18.1 Å². The number of rotatable bonds is 7. The van der Waals surface area contributed by atoms with E-state index in [2.05, 4.69) is 5.32 Å². The highest BCUT2D eigenvalue weighted by Crippen LogP contribution is 2.26. The molecule has 0 aromatic heterocycles. The van der Waals surface area contributed by atoms with Gasteiger partial charge in [0.1, 0.15) is 6.04 Å². The highest BCUT2D eigenvalue weighted by Gasteiger charge is 2.31. The van der Waals surface area contributed by atoms with Crippen molar-refractivity contribution in [2.75, 3.05) is 15.9 Å². The number of sulfonamides is 1. The molecule has 28 heavy (non-hydrogen) atoms. The molecular formula is C18H20ClN3O5S. The van der Waals surface area contributed by atoms with Crippen molar-refractivity contribution in [2.24, 2.45) is 0 Å². The van der Waals surface area contributed by atoms with Crippen molar-refractivity contribution in [3.63, 3.8) is 0 Å². The predicted molar refractivity (Wildman–Crippen MR) is 109 cm³/mol. The molecule has 0 aliphatic heterocycles. The van der Waals surface area contributed by atoms with E-state index in [0.717, 1.165) is 10.6 Å².